The Kier molecular flexibility index (Phi) is 6.16. The fraction of sp³-hybridized carbons (Fsp3) is 0.500. The third-order valence-electron chi connectivity index (χ3n) is 3.78. The van der Waals surface area contributed by atoms with Crippen LogP contribution in [0, 0.1) is 0 Å². The number of benzene rings is 1. The lowest BCUT2D eigenvalue weighted by molar-refractivity contribution is -0.127. The van der Waals surface area contributed by atoms with Gasteiger partial charge in [-0.3, -0.25) is 25.3 Å². The molecule has 9 heteroatoms. The van der Waals surface area contributed by atoms with Crippen molar-refractivity contribution in [2.24, 2.45) is 0 Å². The summed E-state index contributed by atoms with van der Waals surface area (Å²) in [5.41, 5.74) is 3.34. The van der Waals surface area contributed by atoms with Crippen molar-refractivity contribution < 1.29 is 23.9 Å². The molecule has 27 heavy (non-hydrogen) atoms. The van der Waals surface area contributed by atoms with Gasteiger partial charge < -0.3 is 9.47 Å². The summed E-state index contributed by atoms with van der Waals surface area (Å²) in [4.78, 5) is 38.4. The third kappa shape index (κ3) is 5.43. The molecule has 0 radical (unpaired) electrons. The Balaban J connectivity index is 2.04. The Morgan fingerprint density at radius 2 is 1.78 bits per heavy atom. The highest BCUT2D eigenvalue weighted by atomic mass is 79.9. The maximum Gasteiger partial charge on any atom is 0.413 e. The van der Waals surface area contributed by atoms with Crippen LogP contribution in [0.15, 0.2) is 28.7 Å². The molecule has 1 unspecified atom stereocenters. The lowest BCUT2D eigenvalue weighted by Crippen LogP contribution is -2.57. The van der Waals surface area contributed by atoms with Crippen LogP contribution in [0.5, 0.6) is 0 Å². The highest BCUT2D eigenvalue weighted by molar-refractivity contribution is 9.10. The van der Waals surface area contributed by atoms with E-state index in [0.717, 1.165) is 4.47 Å². The van der Waals surface area contributed by atoms with E-state index in [1.165, 1.54) is 4.90 Å². The highest BCUT2D eigenvalue weighted by Gasteiger charge is 2.48. The van der Waals surface area contributed by atoms with Gasteiger partial charge in [-0.1, -0.05) is 15.9 Å². The summed E-state index contributed by atoms with van der Waals surface area (Å²) in [5.74, 6) is -1.05. The Hall–Kier alpha value is -2.13. The number of hydrogen-bond acceptors (Lipinski definition) is 5. The summed E-state index contributed by atoms with van der Waals surface area (Å²) < 4.78 is 11.8. The molecule has 3 amide bonds. The second-order valence-corrected chi connectivity index (χ2v) is 8.49. The van der Waals surface area contributed by atoms with E-state index in [1.54, 1.807) is 58.9 Å². The van der Waals surface area contributed by atoms with Gasteiger partial charge in [-0.05, 0) is 58.9 Å². The first kappa shape index (κ1) is 21.2. The molecule has 0 spiro atoms. The molecule has 0 aliphatic carbocycles. The number of hydrogen-bond donors (Lipinski definition) is 2. The van der Waals surface area contributed by atoms with Crippen LogP contribution < -0.4 is 10.9 Å². The zero-order chi connectivity index (χ0) is 20.4. The van der Waals surface area contributed by atoms with Gasteiger partial charge in [0.2, 0.25) is 0 Å². The number of nitrogens with zero attached hydrogens (tertiary/aromatic N) is 1. The first-order valence-electron chi connectivity index (χ1n) is 8.43. The summed E-state index contributed by atoms with van der Waals surface area (Å²) in [6.07, 6.45) is -0.663. The molecule has 0 saturated carbocycles. The van der Waals surface area contributed by atoms with Crippen LogP contribution in [-0.2, 0) is 14.3 Å². The molecule has 0 aromatic heterocycles. The molecule has 1 saturated heterocycles. The lowest BCUT2D eigenvalue weighted by atomic mass is 10.2. The fourth-order valence-corrected chi connectivity index (χ4v) is 2.79. The number of nitrogens with one attached hydrogen (secondary N) is 2. The molecule has 1 fully saturated rings. The molecule has 0 bridgehead atoms. The number of rotatable bonds is 2. The van der Waals surface area contributed by atoms with Crippen LogP contribution >= 0.6 is 15.9 Å². The van der Waals surface area contributed by atoms with Crippen molar-refractivity contribution in [1.82, 2.24) is 15.8 Å². The largest absolute Gasteiger partial charge is 0.444 e. The van der Waals surface area contributed by atoms with Crippen molar-refractivity contribution in [3.8, 4) is 0 Å². The first-order valence-corrected chi connectivity index (χ1v) is 9.22. The maximum atomic E-state index is 12.5. The van der Waals surface area contributed by atoms with Gasteiger partial charge in [-0.25, -0.2) is 4.79 Å². The van der Waals surface area contributed by atoms with Gasteiger partial charge in [-0.2, -0.15) is 0 Å². The predicted octanol–water partition coefficient (Wildman–Crippen LogP) is 2.58. The van der Waals surface area contributed by atoms with E-state index in [-0.39, 0.29) is 6.61 Å². The average molecular weight is 442 g/mol. The van der Waals surface area contributed by atoms with Crippen LogP contribution in [0.2, 0.25) is 0 Å². The second-order valence-electron chi connectivity index (χ2n) is 7.57. The highest BCUT2D eigenvalue weighted by Crippen LogP contribution is 2.29. The van der Waals surface area contributed by atoms with Crippen LogP contribution in [0.25, 0.3) is 0 Å². The van der Waals surface area contributed by atoms with Gasteiger partial charge in [0.15, 0.2) is 0 Å². The first-order chi connectivity index (χ1) is 12.4. The fourth-order valence-electron chi connectivity index (χ4n) is 2.53. The van der Waals surface area contributed by atoms with Crippen molar-refractivity contribution in [1.29, 1.82) is 0 Å². The van der Waals surface area contributed by atoms with E-state index < -0.39 is 35.3 Å². The van der Waals surface area contributed by atoms with Crippen molar-refractivity contribution >= 4 is 33.8 Å². The molecule has 1 aliphatic rings. The summed E-state index contributed by atoms with van der Waals surface area (Å²) >= 11 is 3.29. The molecule has 1 aromatic carbocycles. The number of halogens is 1. The topological polar surface area (TPSA) is 97.0 Å². The minimum Gasteiger partial charge on any atom is -0.444 e. The normalized spacial score (nSPS) is 18.7. The number of hydrazine groups is 1. The van der Waals surface area contributed by atoms with Crippen molar-refractivity contribution in [2.45, 2.75) is 52.0 Å². The van der Waals surface area contributed by atoms with E-state index in [1.807, 2.05) is 0 Å². The van der Waals surface area contributed by atoms with Crippen LogP contribution in [0.3, 0.4) is 0 Å². The summed E-state index contributed by atoms with van der Waals surface area (Å²) in [7, 11) is 0. The van der Waals surface area contributed by atoms with Crippen molar-refractivity contribution in [2.75, 3.05) is 6.61 Å². The molecule has 2 rings (SSSR count). The standard InChI is InChI=1S/C18H24BrN3O5/c1-17(2,3)27-16(25)22-13(10-26-18(22,4)5)15(24)21-20-14(23)11-6-8-12(19)9-7-11/h6-9,13H,10H2,1-5H3,(H,20,23)(H,21,24). The summed E-state index contributed by atoms with van der Waals surface area (Å²) in [6.45, 7) is 8.55. The Morgan fingerprint density at radius 1 is 1.19 bits per heavy atom. The molecule has 1 aromatic rings. The van der Waals surface area contributed by atoms with Gasteiger partial charge in [0.05, 0.1) is 6.61 Å². The van der Waals surface area contributed by atoms with Gasteiger partial charge in [0, 0.05) is 10.0 Å². The average Bonchev–Trinajstić information content (AvgIpc) is 2.86. The second kappa shape index (κ2) is 7.85. The molecular weight excluding hydrogens is 418 g/mol. The Labute approximate surface area is 166 Å². The molecular formula is C18H24BrN3O5. The van der Waals surface area contributed by atoms with Crippen molar-refractivity contribution in [3.63, 3.8) is 0 Å². The molecule has 1 heterocycles. The molecule has 148 valence electrons. The Bertz CT molecular complexity index is 728. The molecule has 1 aliphatic heterocycles. The van der Waals surface area contributed by atoms with Gasteiger partial charge in [-0.15, -0.1) is 0 Å². The zero-order valence-electron chi connectivity index (χ0n) is 16.0. The van der Waals surface area contributed by atoms with Gasteiger partial charge in [0.1, 0.15) is 17.4 Å². The van der Waals surface area contributed by atoms with E-state index >= 15 is 0 Å². The molecule has 1 atom stereocenters. The SMILES string of the molecule is CC(C)(C)OC(=O)N1C(C(=O)NNC(=O)c2ccc(Br)cc2)COC1(C)C. The minimum atomic E-state index is -1.01. The van der Waals surface area contributed by atoms with E-state index in [9.17, 15) is 14.4 Å². The third-order valence-corrected chi connectivity index (χ3v) is 4.31. The van der Waals surface area contributed by atoms with E-state index in [0.29, 0.717) is 5.56 Å². The van der Waals surface area contributed by atoms with Crippen LogP contribution in [0.4, 0.5) is 4.79 Å². The van der Waals surface area contributed by atoms with Crippen LogP contribution in [0.1, 0.15) is 45.0 Å². The minimum absolute atomic E-state index is 0.00771. The molecule has 2 N–H and O–H groups in total. The van der Waals surface area contributed by atoms with Crippen molar-refractivity contribution in [3.05, 3.63) is 34.3 Å². The van der Waals surface area contributed by atoms with E-state index in [4.69, 9.17) is 9.47 Å². The lowest BCUT2D eigenvalue weighted by Gasteiger charge is -2.34. The monoisotopic (exact) mass is 441 g/mol. The number of carbonyl (C=O) groups excluding carboxylic acids is 3. The zero-order valence-corrected chi connectivity index (χ0v) is 17.5. The quantitative estimate of drug-likeness (QED) is 0.687. The smallest absolute Gasteiger partial charge is 0.413 e. The van der Waals surface area contributed by atoms with Gasteiger partial charge >= 0.3 is 6.09 Å². The maximum absolute atomic E-state index is 12.5. The van der Waals surface area contributed by atoms with Crippen LogP contribution in [-0.4, -0.2) is 46.8 Å². The summed E-state index contributed by atoms with van der Waals surface area (Å²) in [5, 5.41) is 0. The van der Waals surface area contributed by atoms with E-state index in [2.05, 4.69) is 26.8 Å². The summed E-state index contributed by atoms with van der Waals surface area (Å²) in [6, 6.07) is 5.73. The Morgan fingerprint density at radius 3 is 2.33 bits per heavy atom. The predicted molar refractivity (Wildman–Crippen MR) is 102 cm³/mol. The molecule has 8 nitrogen and oxygen atoms in total. The number of ether oxygens (including phenoxy) is 2. The van der Waals surface area contributed by atoms with Gasteiger partial charge in [0.25, 0.3) is 11.8 Å². The number of amides is 3. The number of carbonyl (C=O) groups is 3.